The van der Waals surface area contributed by atoms with E-state index in [-0.39, 0.29) is 13.4 Å². The molecule has 0 unspecified atom stereocenters. The van der Waals surface area contributed by atoms with Gasteiger partial charge in [-0.25, -0.2) is 0 Å². The van der Waals surface area contributed by atoms with Gasteiger partial charge < -0.3 is 9.80 Å². The molecule has 11 rings (SSSR count). The maximum absolute atomic E-state index is 6.47. The van der Waals surface area contributed by atoms with Gasteiger partial charge in [0.05, 0.1) is 10.6 Å². The van der Waals surface area contributed by atoms with Crippen molar-refractivity contribution in [3.8, 4) is 11.1 Å². The molecular formula is C43H26B2N2S. The molecule has 4 aliphatic rings. The third-order valence-corrected chi connectivity index (χ3v) is 11.3. The van der Waals surface area contributed by atoms with Crippen molar-refractivity contribution in [3.63, 3.8) is 0 Å². The monoisotopic (exact) mass is 624 g/mol. The Morgan fingerprint density at radius 2 is 0.854 bits per heavy atom. The summed E-state index contributed by atoms with van der Waals surface area (Å²) in [7, 11) is 0. The third-order valence-electron chi connectivity index (χ3n) is 10.9. The van der Waals surface area contributed by atoms with Crippen LogP contribution in [-0.4, -0.2) is 18.3 Å². The Labute approximate surface area is 286 Å². The molecule has 4 aliphatic heterocycles. The fourth-order valence-electron chi connectivity index (χ4n) is 9.03. The number of benzene rings is 7. The number of hydrogen-bond donors (Lipinski definition) is 0. The van der Waals surface area contributed by atoms with Gasteiger partial charge in [0.25, 0.3) is 6.71 Å². The van der Waals surface area contributed by atoms with Crippen LogP contribution < -0.4 is 42.6 Å². The molecule has 0 amide bonds. The van der Waals surface area contributed by atoms with Crippen LogP contribution in [0.25, 0.3) is 11.1 Å². The lowest BCUT2D eigenvalue weighted by Crippen LogP contribution is -2.69. The quantitative estimate of drug-likeness (QED) is 0.164. The van der Waals surface area contributed by atoms with Gasteiger partial charge >= 0.3 is 0 Å². The van der Waals surface area contributed by atoms with Crippen molar-refractivity contribution < 1.29 is 0 Å². The largest absolute Gasteiger partial charge is 0.312 e. The molecule has 220 valence electrons. The van der Waals surface area contributed by atoms with Gasteiger partial charge in [-0.3, -0.25) is 0 Å². The minimum absolute atomic E-state index is 0.0840. The molecular weight excluding hydrogens is 598 g/mol. The lowest BCUT2D eigenvalue weighted by molar-refractivity contribution is 1.26. The van der Waals surface area contributed by atoms with E-state index in [4.69, 9.17) is 12.2 Å². The van der Waals surface area contributed by atoms with Crippen molar-refractivity contribution in [1.29, 1.82) is 0 Å². The van der Waals surface area contributed by atoms with Crippen LogP contribution in [0, 0.1) is 0 Å². The summed E-state index contributed by atoms with van der Waals surface area (Å²) >= 11 is 6.47. The molecule has 7 aromatic rings. The molecule has 48 heavy (non-hydrogen) atoms. The minimum atomic E-state index is 0.0840. The maximum atomic E-state index is 6.47. The fraction of sp³-hybridized carbons (Fsp3) is 0. The number of fused-ring (bicyclic) bond motifs is 10. The highest BCUT2D eigenvalue weighted by Gasteiger charge is 2.50. The minimum Gasteiger partial charge on any atom is -0.312 e. The second kappa shape index (κ2) is 9.70. The van der Waals surface area contributed by atoms with Crippen LogP contribution in [0.1, 0.15) is 11.1 Å². The van der Waals surface area contributed by atoms with E-state index in [0.717, 1.165) is 4.86 Å². The summed E-state index contributed by atoms with van der Waals surface area (Å²) in [6, 6.07) is 57.9. The summed E-state index contributed by atoms with van der Waals surface area (Å²) in [5, 5.41) is 0. The molecule has 4 heterocycles. The molecule has 0 saturated carbocycles. The molecule has 0 aliphatic carbocycles. The SMILES string of the molecule is S=C1c2ccccc2B2c3ccccc3N3c4ccccc4B4c5ccccc5N(c5ccccc5-c5ccccc5)c5cc1c2c3c54. The summed E-state index contributed by atoms with van der Waals surface area (Å²) in [5.74, 6) is 0. The Balaban J connectivity index is 1.31. The van der Waals surface area contributed by atoms with E-state index in [1.165, 1.54) is 89.2 Å². The Kier molecular flexibility index (Phi) is 5.34. The summed E-state index contributed by atoms with van der Waals surface area (Å²) in [4.78, 5) is 6.01. The van der Waals surface area contributed by atoms with Crippen molar-refractivity contribution in [2.24, 2.45) is 0 Å². The van der Waals surface area contributed by atoms with Crippen molar-refractivity contribution in [3.05, 3.63) is 169 Å². The van der Waals surface area contributed by atoms with E-state index in [2.05, 4.69) is 168 Å². The molecule has 0 saturated heterocycles. The summed E-state index contributed by atoms with van der Waals surface area (Å²) in [6.45, 7) is 0.185. The molecule has 7 aromatic carbocycles. The molecule has 0 fully saturated rings. The fourth-order valence-corrected chi connectivity index (χ4v) is 9.39. The number of rotatable bonds is 2. The summed E-state index contributed by atoms with van der Waals surface area (Å²) < 4.78 is 0. The highest BCUT2D eigenvalue weighted by Crippen LogP contribution is 2.47. The Morgan fingerprint density at radius 1 is 0.375 bits per heavy atom. The van der Waals surface area contributed by atoms with Crippen LogP contribution in [0.4, 0.5) is 34.1 Å². The number of anilines is 6. The zero-order chi connectivity index (χ0) is 31.5. The van der Waals surface area contributed by atoms with Crippen molar-refractivity contribution in [2.75, 3.05) is 9.80 Å². The van der Waals surface area contributed by atoms with Gasteiger partial charge in [-0.2, -0.15) is 0 Å². The van der Waals surface area contributed by atoms with Crippen molar-refractivity contribution >= 4 is 97.4 Å². The Morgan fingerprint density at radius 3 is 1.50 bits per heavy atom. The number of para-hydroxylation sites is 4. The lowest BCUT2D eigenvalue weighted by atomic mass is 9.28. The van der Waals surface area contributed by atoms with Gasteiger partial charge in [-0.15, -0.1) is 0 Å². The van der Waals surface area contributed by atoms with Gasteiger partial charge in [-0.05, 0) is 74.3 Å². The molecule has 0 atom stereocenters. The Hall–Kier alpha value is -5.64. The number of nitrogens with zero attached hydrogens (tertiary/aromatic N) is 2. The van der Waals surface area contributed by atoms with Gasteiger partial charge in [0.1, 0.15) is 0 Å². The highest BCUT2D eigenvalue weighted by atomic mass is 32.1. The van der Waals surface area contributed by atoms with E-state index in [0.29, 0.717) is 0 Å². The molecule has 0 N–H and O–H groups in total. The zero-order valence-corrected chi connectivity index (χ0v) is 26.8. The second-order valence-electron chi connectivity index (χ2n) is 13.1. The predicted octanol–water partition coefficient (Wildman–Crippen LogP) is 6.35. The van der Waals surface area contributed by atoms with Gasteiger partial charge in [0, 0.05) is 34.0 Å². The average Bonchev–Trinajstić information content (AvgIpc) is 3.16. The highest BCUT2D eigenvalue weighted by molar-refractivity contribution is 7.81. The first-order valence-electron chi connectivity index (χ1n) is 16.7. The first-order chi connectivity index (χ1) is 23.8. The van der Waals surface area contributed by atoms with E-state index in [1.807, 2.05) is 0 Å². The second-order valence-corrected chi connectivity index (χ2v) is 13.5. The van der Waals surface area contributed by atoms with Gasteiger partial charge in [0.15, 0.2) is 0 Å². The first-order valence-corrected chi connectivity index (χ1v) is 17.1. The summed E-state index contributed by atoms with van der Waals surface area (Å²) in [5.41, 5.74) is 20.1. The van der Waals surface area contributed by atoms with Crippen molar-refractivity contribution in [2.45, 2.75) is 0 Å². The summed E-state index contributed by atoms with van der Waals surface area (Å²) in [6.07, 6.45) is 0. The van der Waals surface area contributed by atoms with Gasteiger partial charge in [0.2, 0.25) is 6.71 Å². The predicted molar refractivity (Wildman–Crippen MR) is 208 cm³/mol. The van der Waals surface area contributed by atoms with Crippen LogP contribution in [0.3, 0.4) is 0 Å². The van der Waals surface area contributed by atoms with E-state index >= 15 is 0 Å². The van der Waals surface area contributed by atoms with Gasteiger partial charge in [-0.1, -0.05) is 145 Å². The molecule has 0 aromatic heterocycles. The molecule has 2 nitrogen and oxygen atoms in total. The molecule has 0 spiro atoms. The van der Waals surface area contributed by atoms with Crippen LogP contribution in [-0.2, 0) is 0 Å². The molecule has 0 bridgehead atoms. The van der Waals surface area contributed by atoms with E-state index in [9.17, 15) is 0 Å². The third kappa shape index (κ3) is 3.31. The van der Waals surface area contributed by atoms with Crippen LogP contribution >= 0.6 is 12.2 Å². The van der Waals surface area contributed by atoms with Crippen LogP contribution in [0.15, 0.2) is 158 Å². The smallest absolute Gasteiger partial charge is 0.252 e. The standard InChI is InChI=1S/C43H26B2N2S/c48-43-29-17-4-6-18-31(29)44-33-20-8-12-24-37(33)47-38-25-13-9-21-34(38)45-32-19-7-11-23-36(32)46(39-26-30(43)40(44)42(47)41(39)45)35-22-10-5-16-28(35)27-14-2-1-3-15-27/h1-26H. The maximum Gasteiger partial charge on any atom is 0.252 e. The van der Waals surface area contributed by atoms with Crippen molar-refractivity contribution in [1.82, 2.24) is 0 Å². The molecule has 5 heteroatoms. The zero-order valence-electron chi connectivity index (χ0n) is 26.0. The lowest BCUT2D eigenvalue weighted by Gasteiger charge is -2.49. The first kappa shape index (κ1) is 26.4. The number of thiocarbonyl (C=S) groups is 1. The van der Waals surface area contributed by atoms with Crippen LogP contribution in [0.5, 0.6) is 0 Å². The van der Waals surface area contributed by atoms with Crippen LogP contribution in [0.2, 0.25) is 0 Å². The number of hydrogen-bond acceptors (Lipinski definition) is 3. The topological polar surface area (TPSA) is 6.48 Å². The van der Waals surface area contributed by atoms with E-state index < -0.39 is 0 Å². The molecule has 0 radical (unpaired) electrons. The Bertz CT molecular complexity index is 2520. The normalized spacial score (nSPS) is 14.1. The average molecular weight is 624 g/mol. The van der Waals surface area contributed by atoms with E-state index in [1.54, 1.807) is 0 Å².